The van der Waals surface area contributed by atoms with Crippen LogP contribution in [0, 0.1) is 0 Å². The van der Waals surface area contributed by atoms with Crippen molar-refractivity contribution in [1.82, 2.24) is 9.80 Å². The van der Waals surface area contributed by atoms with E-state index in [1.54, 1.807) is 20.8 Å². The number of nitrogens with zero attached hydrogens (tertiary/aromatic N) is 2. The third-order valence-corrected chi connectivity index (χ3v) is 4.89. The van der Waals surface area contributed by atoms with Gasteiger partial charge in [-0.15, -0.1) is 0 Å². The van der Waals surface area contributed by atoms with Crippen molar-refractivity contribution in [1.29, 1.82) is 0 Å². The predicted octanol–water partition coefficient (Wildman–Crippen LogP) is 2.72. The summed E-state index contributed by atoms with van der Waals surface area (Å²) in [5, 5.41) is 9.78. The zero-order chi connectivity index (χ0) is 18.2. The van der Waals surface area contributed by atoms with Crippen molar-refractivity contribution in [2.45, 2.75) is 63.9 Å². The number of fused-ring (bicyclic) bond motifs is 2. The van der Waals surface area contributed by atoms with Gasteiger partial charge in [0.05, 0.1) is 0 Å². The lowest BCUT2D eigenvalue weighted by atomic mass is 10.0. The summed E-state index contributed by atoms with van der Waals surface area (Å²) in [6.07, 6.45) is 1.16. The molecular weight excluding hydrogens is 320 g/mol. The lowest BCUT2D eigenvalue weighted by Crippen LogP contribution is -2.63. The van der Waals surface area contributed by atoms with Gasteiger partial charge >= 0.3 is 12.1 Å². The Balaban J connectivity index is 1.81. The van der Waals surface area contributed by atoms with Gasteiger partial charge in [0.25, 0.3) is 0 Å². The van der Waals surface area contributed by atoms with Crippen LogP contribution in [0.5, 0.6) is 0 Å². The summed E-state index contributed by atoms with van der Waals surface area (Å²) in [5.74, 6) is -0.964. The van der Waals surface area contributed by atoms with Gasteiger partial charge in [0.15, 0.2) is 0 Å². The number of carbonyl (C=O) groups excluding carboxylic acids is 1. The van der Waals surface area contributed by atoms with Gasteiger partial charge in [-0.2, -0.15) is 0 Å². The average molecular weight is 346 g/mol. The van der Waals surface area contributed by atoms with E-state index < -0.39 is 23.7 Å². The molecule has 1 aromatic carbocycles. The highest BCUT2D eigenvalue weighted by Gasteiger charge is 2.51. The highest BCUT2D eigenvalue weighted by atomic mass is 16.6. The summed E-state index contributed by atoms with van der Waals surface area (Å²) in [7, 11) is 0. The zero-order valence-corrected chi connectivity index (χ0v) is 15.0. The van der Waals surface area contributed by atoms with Crippen molar-refractivity contribution in [2.75, 3.05) is 6.54 Å². The quantitative estimate of drug-likeness (QED) is 0.911. The SMILES string of the molecule is CC(C)(C)OC(=O)N1CC2CCC(C1C(=O)O)N2Cc1ccccc1. The van der Waals surface area contributed by atoms with E-state index in [9.17, 15) is 14.7 Å². The molecule has 136 valence electrons. The molecule has 6 nitrogen and oxygen atoms in total. The molecule has 1 amide bonds. The Bertz CT molecular complexity index is 641. The van der Waals surface area contributed by atoms with Crippen LogP contribution in [0.2, 0.25) is 0 Å². The molecule has 1 N–H and O–H groups in total. The normalized spacial score (nSPS) is 26.5. The van der Waals surface area contributed by atoms with E-state index in [1.807, 2.05) is 18.2 Å². The zero-order valence-electron chi connectivity index (χ0n) is 15.0. The first-order valence-electron chi connectivity index (χ1n) is 8.78. The van der Waals surface area contributed by atoms with E-state index in [4.69, 9.17) is 4.74 Å². The number of likely N-dealkylation sites (tertiary alicyclic amines) is 1. The lowest BCUT2D eigenvalue weighted by Gasteiger charge is -2.45. The van der Waals surface area contributed by atoms with Crippen LogP contribution < -0.4 is 0 Å². The number of hydrogen-bond donors (Lipinski definition) is 1. The third-order valence-electron chi connectivity index (χ3n) is 4.89. The Kier molecular flexibility index (Phi) is 4.73. The first-order valence-corrected chi connectivity index (χ1v) is 8.78. The highest BCUT2D eigenvalue weighted by molar-refractivity contribution is 5.81. The van der Waals surface area contributed by atoms with Crippen LogP contribution in [0.4, 0.5) is 4.79 Å². The van der Waals surface area contributed by atoms with Crippen molar-refractivity contribution >= 4 is 12.1 Å². The molecule has 3 unspecified atom stereocenters. The van der Waals surface area contributed by atoms with E-state index >= 15 is 0 Å². The van der Waals surface area contributed by atoms with Crippen LogP contribution in [0.3, 0.4) is 0 Å². The smallest absolute Gasteiger partial charge is 0.411 e. The minimum atomic E-state index is -0.964. The predicted molar refractivity (Wildman–Crippen MR) is 93.2 cm³/mol. The Labute approximate surface area is 148 Å². The number of amides is 1. The van der Waals surface area contributed by atoms with E-state index in [1.165, 1.54) is 4.90 Å². The van der Waals surface area contributed by atoms with Crippen molar-refractivity contribution in [3.63, 3.8) is 0 Å². The number of hydrogen-bond acceptors (Lipinski definition) is 4. The molecule has 2 fully saturated rings. The fourth-order valence-corrected chi connectivity index (χ4v) is 3.90. The van der Waals surface area contributed by atoms with Crippen molar-refractivity contribution < 1.29 is 19.4 Å². The number of benzene rings is 1. The molecule has 25 heavy (non-hydrogen) atoms. The lowest BCUT2D eigenvalue weighted by molar-refractivity contribution is -0.148. The van der Waals surface area contributed by atoms with Gasteiger partial charge < -0.3 is 9.84 Å². The average Bonchev–Trinajstić information content (AvgIpc) is 2.78. The Morgan fingerprint density at radius 1 is 1.20 bits per heavy atom. The Morgan fingerprint density at radius 3 is 2.48 bits per heavy atom. The van der Waals surface area contributed by atoms with Crippen LogP contribution in [-0.4, -0.2) is 57.2 Å². The molecule has 2 bridgehead atoms. The second-order valence-corrected chi connectivity index (χ2v) is 7.87. The maximum absolute atomic E-state index is 12.5. The van der Waals surface area contributed by atoms with Crippen LogP contribution in [-0.2, 0) is 16.1 Å². The van der Waals surface area contributed by atoms with Gasteiger partial charge in [-0.05, 0) is 39.2 Å². The van der Waals surface area contributed by atoms with Crippen LogP contribution in [0.15, 0.2) is 30.3 Å². The molecule has 2 saturated heterocycles. The monoisotopic (exact) mass is 346 g/mol. The fraction of sp³-hybridized carbons (Fsp3) is 0.579. The molecule has 0 radical (unpaired) electrons. The summed E-state index contributed by atoms with van der Waals surface area (Å²) in [6.45, 7) is 6.49. The van der Waals surface area contributed by atoms with Gasteiger partial charge in [-0.1, -0.05) is 30.3 Å². The second kappa shape index (κ2) is 6.67. The Morgan fingerprint density at radius 2 is 1.88 bits per heavy atom. The van der Waals surface area contributed by atoms with Crippen LogP contribution in [0.25, 0.3) is 0 Å². The topological polar surface area (TPSA) is 70.1 Å². The minimum Gasteiger partial charge on any atom is -0.480 e. The second-order valence-electron chi connectivity index (χ2n) is 7.87. The van der Waals surface area contributed by atoms with Crippen LogP contribution in [0.1, 0.15) is 39.2 Å². The van der Waals surface area contributed by atoms with E-state index in [0.29, 0.717) is 13.1 Å². The number of piperazine rings is 1. The number of carboxylic acids is 1. The third kappa shape index (κ3) is 3.79. The van der Waals surface area contributed by atoms with E-state index in [-0.39, 0.29) is 12.1 Å². The van der Waals surface area contributed by atoms with E-state index in [0.717, 1.165) is 18.4 Å². The van der Waals surface area contributed by atoms with Gasteiger partial charge in [0.1, 0.15) is 11.6 Å². The molecular formula is C19H26N2O4. The molecule has 2 heterocycles. The maximum Gasteiger partial charge on any atom is 0.411 e. The molecule has 2 aliphatic heterocycles. The van der Waals surface area contributed by atoms with Crippen molar-refractivity contribution in [3.05, 3.63) is 35.9 Å². The molecule has 0 aliphatic carbocycles. The molecule has 3 atom stereocenters. The molecule has 0 spiro atoms. The largest absolute Gasteiger partial charge is 0.480 e. The first kappa shape index (κ1) is 17.7. The summed E-state index contributed by atoms with van der Waals surface area (Å²) < 4.78 is 5.44. The highest BCUT2D eigenvalue weighted by Crippen LogP contribution is 2.36. The molecule has 3 rings (SSSR count). The fourth-order valence-electron chi connectivity index (χ4n) is 3.90. The van der Waals surface area contributed by atoms with Gasteiger partial charge in [0.2, 0.25) is 0 Å². The summed E-state index contributed by atoms with van der Waals surface area (Å²) in [5.41, 5.74) is 0.523. The van der Waals surface area contributed by atoms with Crippen LogP contribution >= 0.6 is 0 Å². The molecule has 2 aliphatic rings. The van der Waals surface area contributed by atoms with Crippen molar-refractivity contribution in [3.8, 4) is 0 Å². The minimum absolute atomic E-state index is 0.174. The number of aliphatic carboxylic acids is 1. The number of rotatable bonds is 3. The van der Waals surface area contributed by atoms with Crippen molar-refractivity contribution in [2.24, 2.45) is 0 Å². The molecule has 1 aromatic rings. The van der Waals surface area contributed by atoms with Gasteiger partial charge in [0, 0.05) is 25.2 Å². The van der Waals surface area contributed by atoms with Gasteiger partial charge in [-0.3, -0.25) is 9.80 Å². The summed E-state index contributed by atoms with van der Waals surface area (Å²) in [6, 6.07) is 9.18. The molecule has 0 saturated carbocycles. The summed E-state index contributed by atoms with van der Waals surface area (Å²) in [4.78, 5) is 28.1. The summed E-state index contributed by atoms with van der Waals surface area (Å²) >= 11 is 0. The van der Waals surface area contributed by atoms with Gasteiger partial charge in [-0.25, -0.2) is 9.59 Å². The number of carbonyl (C=O) groups is 2. The standard InChI is InChI=1S/C19H26N2O4/c1-19(2,3)25-18(24)21-12-14-9-10-15(16(21)17(22)23)20(14)11-13-7-5-4-6-8-13/h4-8,14-16H,9-12H2,1-3H3,(H,22,23). The first-order chi connectivity index (χ1) is 11.8. The Hall–Kier alpha value is -2.08. The number of ether oxygens (including phenoxy) is 1. The maximum atomic E-state index is 12.5. The number of carboxylic acid groups (broad SMARTS) is 1. The molecule has 6 heteroatoms. The van der Waals surface area contributed by atoms with E-state index in [2.05, 4.69) is 17.0 Å². The molecule has 0 aromatic heterocycles.